The van der Waals surface area contributed by atoms with Gasteiger partial charge < -0.3 is 10.4 Å². The molecule has 0 radical (unpaired) electrons. The van der Waals surface area contributed by atoms with Crippen molar-refractivity contribution in [3.05, 3.63) is 0 Å². The van der Waals surface area contributed by atoms with Gasteiger partial charge in [0, 0.05) is 6.61 Å². The quantitative estimate of drug-likeness (QED) is 0.604. The van der Waals surface area contributed by atoms with Crippen molar-refractivity contribution in [1.29, 1.82) is 0 Å². The lowest BCUT2D eigenvalue weighted by Crippen LogP contribution is -2.33. The molecule has 4 nitrogen and oxygen atoms in total. The highest BCUT2D eigenvalue weighted by Crippen LogP contribution is 2.08. The number of carbonyl (C=O) groups excluding carboxylic acids is 1. The molecule has 13 heavy (non-hydrogen) atoms. The van der Waals surface area contributed by atoms with Gasteiger partial charge in [0.05, 0.1) is 6.54 Å². The number of nitrogens with one attached hydrogen (secondary N) is 1. The minimum absolute atomic E-state index is 0.00735. The molecule has 1 atom stereocenters. The number of hydrogen-bond acceptors (Lipinski definition) is 3. The van der Waals surface area contributed by atoms with Crippen LogP contribution in [-0.4, -0.2) is 46.9 Å². The molecule has 0 spiro atoms. The summed E-state index contributed by atoms with van der Waals surface area (Å²) in [7, 11) is 0. The van der Waals surface area contributed by atoms with Crippen molar-refractivity contribution < 1.29 is 14.3 Å². The summed E-state index contributed by atoms with van der Waals surface area (Å²) in [6.07, 6.45) is 0.307. The topological polar surface area (TPSA) is 52.6 Å². The van der Waals surface area contributed by atoms with Gasteiger partial charge in [0.25, 0.3) is 5.91 Å². The third-order valence-electron chi connectivity index (χ3n) is 1.83. The van der Waals surface area contributed by atoms with E-state index in [1.165, 1.54) is 4.90 Å². The van der Waals surface area contributed by atoms with Crippen molar-refractivity contribution in [2.24, 2.45) is 0 Å². The van der Waals surface area contributed by atoms with Gasteiger partial charge >= 0.3 is 0 Å². The number of thiocarbonyl (C=S) groups is 1. The number of aliphatic hydroxyl groups is 1. The van der Waals surface area contributed by atoms with Crippen LogP contribution in [0.1, 0.15) is 6.42 Å². The summed E-state index contributed by atoms with van der Waals surface area (Å²) in [5.74, 6) is -0.253. The molecular formula is C7H11FN2O2S. The minimum Gasteiger partial charge on any atom is -0.396 e. The lowest BCUT2D eigenvalue weighted by atomic mass is 10.2. The summed E-state index contributed by atoms with van der Waals surface area (Å²) in [5, 5.41) is 11.6. The fourth-order valence-corrected chi connectivity index (χ4v) is 1.52. The highest BCUT2D eigenvalue weighted by molar-refractivity contribution is 7.80. The van der Waals surface area contributed by atoms with Crippen LogP contribution in [0, 0.1) is 0 Å². The minimum atomic E-state index is -0.612. The molecule has 1 aliphatic heterocycles. The highest BCUT2D eigenvalue weighted by atomic mass is 32.1. The van der Waals surface area contributed by atoms with Gasteiger partial charge in [-0.1, -0.05) is 0 Å². The zero-order valence-electron chi connectivity index (χ0n) is 6.99. The van der Waals surface area contributed by atoms with Crippen LogP contribution in [0.5, 0.6) is 0 Å². The summed E-state index contributed by atoms with van der Waals surface area (Å²) in [4.78, 5) is 12.6. The number of amides is 1. The Labute approximate surface area is 80.7 Å². The second-order valence-corrected chi connectivity index (χ2v) is 3.08. The lowest BCUT2D eigenvalue weighted by Gasteiger charge is -2.11. The first-order valence-corrected chi connectivity index (χ1v) is 4.40. The zero-order chi connectivity index (χ0) is 9.84. The number of nitrogens with zero attached hydrogens (tertiary/aromatic N) is 1. The van der Waals surface area contributed by atoms with Crippen LogP contribution >= 0.6 is 12.2 Å². The largest absolute Gasteiger partial charge is 0.396 e. The van der Waals surface area contributed by atoms with Crippen LogP contribution in [0.3, 0.4) is 0 Å². The first-order valence-electron chi connectivity index (χ1n) is 3.99. The van der Waals surface area contributed by atoms with Crippen LogP contribution in [0.25, 0.3) is 0 Å². The van der Waals surface area contributed by atoms with E-state index in [0.717, 1.165) is 0 Å². The van der Waals surface area contributed by atoms with Crippen molar-refractivity contribution in [3.8, 4) is 0 Å². The molecule has 0 bridgehead atoms. The number of carbonyl (C=O) groups is 1. The molecule has 1 saturated heterocycles. The van der Waals surface area contributed by atoms with Crippen molar-refractivity contribution in [2.45, 2.75) is 12.5 Å². The molecule has 6 heteroatoms. The molecule has 0 aliphatic carbocycles. The summed E-state index contributed by atoms with van der Waals surface area (Å²) in [5.41, 5.74) is 0. The highest BCUT2D eigenvalue weighted by Gasteiger charge is 2.34. The third kappa shape index (κ3) is 2.13. The van der Waals surface area contributed by atoms with Gasteiger partial charge in [0.2, 0.25) is 0 Å². The van der Waals surface area contributed by atoms with E-state index < -0.39 is 12.7 Å². The predicted molar refractivity (Wildman–Crippen MR) is 48.9 cm³/mol. The molecule has 0 aromatic heterocycles. The van der Waals surface area contributed by atoms with Crippen molar-refractivity contribution in [3.63, 3.8) is 0 Å². The third-order valence-corrected chi connectivity index (χ3v) is 2.17. The summed E-state index contributed by atoms with van der Waals surface area (Å²) < 4.78 is 12.0. The fourth-order valence-electron chi connectivity index (χ4n) is 1.20. The van der Waals surface area contributed by atoms with E-state index in [-0.39, 0.29) is 24.2 Å². The van der Waals surface area contributed by atoms with Crippen LogP contribution < -0.4 is 5.32 Å². The lowest BCUT2D eigenvalue weighted by molar-refractivity contribution is -0.127. The van der Waals surface area contributed by atoms with E-state index in [9.17, 15) is 9.18 Å². The van der Waals surface area contributed by atoms with Crippen molar-refractivity contribution in [2.75, 3.05) is 19.8 Å². The van der Waals surface area contributed by atoms with Gasteiger partial charge in [-0.3, -0.25) is 9.69 Å². The Bertz CT molecular complexity index is 225. The fraction of sp³-hybridized carbons (Fsp3) is 0.714. The van der Waals surface area contributed by atoms with Crippen molar-refractivity contribution in [1.82, 2.24) is 10.2 Å². The molecule has 0 aromatic carbocycles. The molecule has 2 N–H and O–H groups in total. The molecular weight excluding hydrogens is 195 g/mol. The van der Waals surface area contributed by atoms with Gasteiger partial charge in [-0.2, -0.15) is 0 Å². The average molecular weight is 206 g/mol. The number of aliphatic hydroxyl groups excluding tert-OH is 1. The summed E-state index contributed by atoms with van der Waals surface area (Å²) >= 11 is 4.82. The Kier molecular flexibility index (Phi) is 3.56. The number of rotatable bonds is 4. The van der Waals surface area contributed by atoms with Gasteiger partial charge in [0.1, 0.15) is 12.7 Å². The van der Waals surface area contributed by atoms with E-state index in [1.54, 1.807) is 0 Å². The first-order chi connectivity index (χ1) is 6.20. The second-order valence-electron chi connectivity index (χ2n) is 2.69. The SMILES string of the molecule is O=C1[C@H](CCO)NC(=S)N1CCF. The van der Waals surface area contributed by atoms with Crippen LogP contribution in [0.2, 0.25) is 0 Å². The number of hydrogen-bond donors (Lipinski definition) is 2. The molecule has 0 saturated carbocycles. The van der Waals surface area contributed by atoms with Crippen LogP contribution in [-0.2, 0) is 4.79 Å². The molecule has 74 valence electrons. The van der Waals surface area contributed by atoms with E-state index in [2.05, 4.69) is 5.32 Å². The maximum atomic E-state index is 12.0. The molecule has 1 rings (SSSR count). The van der Waals surface area contributed by atoms with Gasteiger partial charge in [-0.15, -0.1) is 0 Å². The summed E-state index contributed by atoms with van der Waals surface area (Å²) in [6.45, 7) is -0.707. The maximum absolute atomic E-state index is 12.0. The van der Waals surface area contributed by atoms with Crippen LogP contribution in [0.4, 0.5) is 4.39 Å². The second kappa shape index (κ2) is 4.48. The predicted octanol–water partition coefficient (Wildman–Crippen LogP) is -0.576. The molecule has 0 unspecified atom stereocenters. The standard InChI is InChI=1S/C7H11FN2O2S/c8-2-3-10-6(12)5(1-4-11)9-7(10)13/h5,11H,1-4H2,(H,9,13)/t5-/m0/s1. The summed E-state index contributed by atoms with van der Waals surface area (Å²) in [6, 6.07) is -0.482. The van der Waals surface area contributed by atoms with Gasteiger partial charge in [0.15, 0.2) is 5.11 Å². The molecule has 0 aromatic rings. The van der Waals surface area contributed by atoms with Crippen LogP contribution in [0.15, 0.2) is 0 Å². The Hall–Kier alpha value is -0.750. The van der Waals surface area contributed by atoms with Gasteiger partial charge in [-0.25, -0.2) is 4.39 Å². The molecule has 1 fully saturated rings. The maximum Gasteiger partial charge on any atom is 0.251 e. The van der Waals surface area contributed by atoms with E-state index >= 15 is 0 Å². The van der Waals surface area contributed by atoms with Crippen molar-refractivity contribution >= 4 is 23.2 Å². The monoisotopic (exact) mass is 206 g/mol. The molecule has 1 aliphatic rings. The van der Waals surface area contributed by atoms with E-state index in [4.69, 9.17) is 17.3 Å². The van der Waals surface area contributed by atoms with E-state index in [0.29, 0.717) is 6.42 Å². The molecule has 1 amide bonds. The normalized spacial score (nSPS) is 22.3. The first kappa shape index (κ1) is 10.3. The number of halogens is 1. The zero-order valence-corrected chi connectivity index (χ0v) is 7.81. The molecule has 1 heterocycles. The van der Waals surface area contributed by atoms with E-state index in [1.807, 2.05) is 0 Å². The Balaban J connectivity index is 2.58. The Morgan fingerprint density at radius 3 is 2.92 bits per heavy atom. The van der Waals surface area contributed by atoms with Gasteiger partial charge in [-0.05, 0) is 18.6 Å². The average Bonchev–Trinajstić information content (AvgIpc) is 2.34. The Morgan fingerprint density at radius 2 is 2.38 bits per heavy atom. The smallest absolute Gasteiger partial charge is 0.251 e. The number of alkyl halides is 1. The Morgan fingerprint density at radius 1 is 1.69 bits per heavy atom.